The standard InChI is InChI=1S/C13H12N2O.ClH/c14-6-5-13(15)11-2-1-10-8-12(16)4-3-9(10)7-11;/h1-4,7-8,13,16H,5,15H2;1H/t13-;/m1./s1. The first-order valence-corrected chi connectivity index (χ1v) is 5.06. The number of aromatic hydroxyl groups is 1. The van der Waals surface area contributed by atoms with Crippen LogP contribution in [0, 0.1) is 11.3 Å². The molecule has 0 aliphatic rings. The molecular weight excluding hydrogens is 236 g/mol. The fourth-order valence-corrected chi connectivity index (χ4v) is 1.70. The third kappa shape index (κ3) is 2.88. The van der Waals surface area contributed by atoms with Crippen molar-refractivity contribution in [2.45, 2.75) is 12.5 Å². The van der Waals surface area contributed by atoms with E-state index in [1.807, 2.05) is 24.3 Å². The summed E-state index contributed by atoms with van der Waals surface area (Å²) >= 11 is 0. The third-order valence-electron chi connectivity index (χ3n) is 2.59. The highest BCUT2D eigenvalue weighted by Crippen LogP contribution is 2.23. The zero-order valence-electron chi connectivity index (χ0n) is 9.13. The molecule has 0 aliphatic carbocycles. The summed E-state index contributed by atoms with van der Waals surface area (Å²) in [4.78, 5) is 0. The highest BCUT2D eigenvalue weighted by molar-refractivity contribution is 5.85. The van der Waals surface area contributed by atoms with Gasteiger partial charge >= 0.3 is 0 Å². The van der Waals surface area contributed by atoms with Crippen LogP contribution in [0.5, 0.6) is 5.75 Å². The summed E-state index contributed by atoms with van der Waals surface area (Å²) in [6.07, 6.45) is 0.309. The van der Waals surface area contributed by atoms with Crippen molar-refractivity contribution in [3.05, 3.63) is 42.0 Å². The van der Waals surface area contributed by atoms with Crippen molar-refractivity contribution in [1.82, 2.24) is 0 Å². The molecule has 0 aromatic heterocycles. The number of hydrogen-bond acceptors (Lipinski definition) is 3. The van der Waals surface area contributed by atoms with Gasteiger partial charge in [-0.3, -0.25) is 0 Å². The highest BCUT2D eigenvalue weighted by Gasteiger charge is 2.06. The number of rotatable bonds is 2. The van der Waals surface area contributed by atoms with Gasteiger partial charge in [-0.1, -0.05) is 18.2 Å². The van der Waals surface area contributed by atoms with E-state index in [1.165, 1.54) is 0 Å². The maximum atomic E-state index is 9.33. The van der Waals surface area contributed by atoms with Crippen molar-refractivity contribution in [2.75, 3.05) is 0 Å². The van der Waals surface area contributed by atoms with E-state index >= 15 is 0 Å². The van der Waals surface area contributed by atoms with Crippen LogP contribution in [0.1, 0.15) is 18.0 Å². The lowest BCUT2D eigenvalue weighted by Crippen LogP contribution is -2.08. The minimum Gasteiger partial charge on any atom is -0.508 e. The molecule has 0 spiro atoms. The number of benzene rings is 2. The van der Waals surface area contributed by atoms with E-state index in [4.69, 9.17) is 11.0 Å². The van der Waals surface area contributed by atoms with E-state index in [9.17, 15) is 5.11 Å². The van der Waals surface area contributed by atoms with Crippen LogP contribution >= 0.6 is 12.4 Å². The minimum atomic E-state index is -0.247. The Hall–Kier alpha value is -1.76. The van der Waals surface area contributed by atoms with Crippen LogP contribution < -0.4 is 5.73 Å². The van der Waals surface area contributed by atoms with Gasteiger partial charge in [0.25, 0.3) is 0 Å². The van der Waals surface area contributed by atoms with Crippen molar-refractivity contribution in [1.29, 1.82) is 5.26 Å². The molecule has 0 heterocycles. The molecule has 0 radical (unpaired) electrons. The SMILES string of the molecule is Cl.N#CC[C@@H](N)c1ccc2cc(O)ccc2c1. The molecule has 3 nitrogen and oxygen atoms in total. The third-order valence-corrected chi connectivity index (χ3v) is 2.59. The maximum Gasteiger partial charge on any atom is 0.116 e. The summed E-state index contributed by atoms with van der Waals surface area (Å²) < 4.78 is 0. The smallest absolute Gasteiger partial charge is 0.116 e. The Morgan fingerprint density at radius 1 is 1.18 bits per heavy atom. The molecule has 0 unspecified atom stereocenters. The maximum absolute atomic E-state index is 9.33. The summed E-state index contributed by atoms with van der Waals surface area (Å²) in [5.74, 6) is 0.251. The molecule has 2 aromatic carbocycles. The minimum absolute atomic E-state index is 0. The van der Waals surface area contributed by atoms with E-state index < -0.39 is 0 Å². The Kier molecular flexibility index (Phi) is 4.33. The molecule has 0 bridgehead atoms. The lowest BCUT2D eigenvalue weighted by molar-refractivity contribution is 0.476. The first-order chi connectivity index (χ1) is 7.70. The summed E-state index contributed by atoms with van der Waals surface area (Å²) in [5.41, 5.74) is 6.80. The van der Waals surface area contributed by atoms with Crippen LogP contribution in [0.2, 0.25) is 0 Å². The molecule has 0 aliphatic heterocycles. The molecule has 3 N–H and O–H groups in total. The molecule has 17 heavy (non-hydrogen) atoms. The number of nitrogens with zero attached hydrogens (tertiary/aromatic N) is 1. The first kappa shape index (κ1) is 13.3. The van der Waals surface area contributed by atoms with E-state index in [0.29, 0.717) is 6.42 Å². The first-order valence-electron chi connectivity index (χ1n) is 5.06. The normalized spacial score (nSPS) is 11.5. The number of phenols is 1. The number of nitrogens with two attached hydrogens (primary N) is 1. The van der Waals surface area contributed by atoms with Crippen LogP contribution in [0.25, 0.3) is 10.8 Å². The van der Waals surface area contributed by atoms with Crippen molar-refractivity contribution in [2.24, 2.45) is 5.73 Å². The number of hydrogen-bond donors (Lipinski definition) is 2. The van der Waals surface area contributed by atoms with Crippen molar-refractivity contribution in [3.8, 4) is 11.8 Å². The van der Waals surface area contributed by atoms with Gasteiger partial charge in [-0.15, -0.1) is 12.4 Å². The van der Waals surface area contributed by atoms with E-state index in [0.717, 1.165) is 16.3 Å². The Bertz CT molecular complexity index is 563. The summed E-state index contributed by atoms with van der Waals surface area (Å²) in [5, 5.41) is 19.9. The number of fused-ring (bicyclic) bond motifs is 1. The summed E-state index contributed by atoms with van der Waals surface area (Å²) in [6, 6.07) is 12.7. The summed E-state index contributed by atoms with van der Waals surface area (Å²) in [7, 11) is 0. The van der Waals surface area contributed by atoms with Gasteiger partial charge in [0.05, 0.1) is 12.5 Å². The molecule has 0 amide bonds. The zero-order chi connectivity index (χ0) is 11.5. The lowest BCUT2D eigenvalue weighted by Gasteiger charge is -2.09. The average molecular weight is 249 g/mol. The van der Waals surface area contributed by atoms with Crippen LogP contribution in [0.3, 0.4) is 0 Å². The van der Waals surface area contributed by atoms with Crippen molar-refractivity contribution >= 4 is 23.2 Å². The monoisotopic (exact) mass is 248 g/mol. The van der Waals surface area contributed by atoms with Gasteiger partial charge in [-0.2, -0.15) is 5.26 Å². The molecule has 0 saturated heterocycles. The molecular formula is C13H13ClN2O. The predicted molar refractivity (Wildman–Crippen MR) is 70.0 cm³/mol. The van der Waals surface area contributed by atoms with Gasteiger partial charge in [0, 0.05) is 6.04 Å². The second kappa shape index (κ2) is 5.53. The Morgan fingerprint density at radius 3 is 2.53 bits per heavy atom. The van der Waals surface area contributed by atoms with Gasteiger partial charge in [-0.05, 0) is 34.5 Å². The van der Waals surface area contributed by atoms with Gasteiger partial charge in [0.15, 0.2) is 0 Å². The van der Waals surface area contributed by atoms with Gasteiger partial charge < -0.3 is 10.8 Å². The molecule has 1 atom stereocenters. The second-order valence-corrected chi connectivity index (χ2v) is 3.76. The zero-order valence-corrected chi connectivity index (χ0v) is 9.95. The van der Waals surface area contributed by atoms with Gasteiger partial charge in [0.1, 0.15) is 5.75 Å². The lowest BCUT2D eigenvalue weighted by atomic mass is 10.0. The second-order valence-electron chi connectivity index (χ2n) is 3.76. The quantitative estimate of drug-likeness (QED) is 0.859. The molecule has 2 aromatic rings. The van der Waals surface area contributed by atoms with Gasteiger partial charge in [-0.25, -0.2) is 0 Å². The van der Waals surface area contributed by atoms with Crippen LogP contribution in [-0.2, 0) is 0 Å². The fourth-order valence-electron chi connectivity index (χ4n) is 1.70. The molecule has 0 saturated carbocycles. The van der Waals surface area contributed by atoms with Crippen molar-refractivity contribution < 1.29 is 5.11 Å². The Balaban J connectivity index is 0.00000144. The fraction of sp³-hybridized carbons (Fsp3) is 0.154. The summed E-state index contributed by atoms with van der Waals surface area (Å²) in [6.45, 7) is 0. The average Bonchev–Trinajstić information content (AvgIpc) is 2.28. The highest BCUT2D eigenvalue weighted by atomic mass is 35.5. The number of halogens is 1. The molecule has 4 heteroatoms. The van der Waals surface area contributed by atoms with Crippen LogP contribution in [0.4, 0.5) is 0 Å². The molecule has 0 fully saturated rings. The van der Waals surface area contributed by atoms with Gasteiger partial charge in [0.2, 0.25) is 0 Å². The predicted octanol–water partition coefficient (Wildman–Crippen LogP) is 2.88. The molecule has 88 valence electrons. The van der Waals surface area contributed by atoms with Crippen molar-refractivity contribution in [3.63, 3.8) is 0 Å². The van der Waals surface area contributed by atoms with Crippen LogP contribution in [0.15, 0.2) is 36.4 Å². The van der Waals surface area contributed by atoms with E-state index in [1.54, 1.807) is 12.1 Å². The largest absolute Gasteiger partial charge is 0.508 e. The van der Waals surface area contributed by atoms with Crippen LogP contribution in [-0.4, -0.2) is 5.11 Å². The number of nitriles is 1. The molecule has 2 rings (SSSR count). The Labute approximate surface area is 106 Å². The topological polar surface area (TPSA) is 70.0 Å². The van der Waals surface area contributed by atoms with E-state index in [2.05, 4.69) is 6.07 Å². The Morgan fingerprint density at radius 2 is 1.82 bits per heavy atom. The number of phenolic OH excluding ortho intramolecular Hbond substituents is 1. The van der Waals surface area contributed by atoms with E-state index in [-0.39, 0.29) is 24.2 Å².